The molecule has 0 saturated heterocycles. The molecule has 0 spiro atoms. The van der Waals surface area contributed by atoms with Gasteiger partial charge in [-0.05, 0) is 46.6 Å². The fourth-order valence-corrected chi connectivity index (χ4v) is 2.02. The van der Waals surface area contributed by atoms with E-state index in [0.717, 1.165) is 10.0 Å². The first-order valence-electron chi connectivity index (χ1n) is 5.58. The number of hydrogen-bond donors (Lipinski definition) is 1. The molecule has 0 amide bonds. The SMILES string of the molecule is Cc1cc(Br)cnc1Nc1cccc(OC(F)(F)F)c1. The van der Waals surface area contributed by atoms with E-state index in [1.807, 2.05) is 13.0 Å². The zero-order valence-electron chi connectivity index (χ0n) is 10.3. The van der Waals surface area contributed by atoms with Gasteiger partial charge < -0.3 is 10.1 Å². The van der Waals surface area contributed by atoms with Crippen molar-refractivity contribution in [1.82, 2.24) is 4.98 Å². The summed E-state index contributed by atoms with van der Waals surface area (Å²) >= 11 is 3.29. The van der Waals surface area contributed by atoms with E-state index >= 15 is 0 Å². The summed E-state index contributed by atoms with van der Waals surface area (Å²) in [6, 6.07) is 7.45. The maximum Gasteiger partial charge on any atom is 0.573 e. The van der Waals surface area contributed by atoms with Gasteiger partial charge in [0.2, 0.25) is 0 Å². The second-order valence-electron chi connectivity index (χ2n) is 4.02. The predicted molar refractivity (Wildman–Crippen MR) is 73.1 cm³/mol. The minimum Gasteiger partial charge on any atom is -0.406 e. The summed E-state index contributed by atoms with van der Waals surface area (Å²) < 4.78 is 41.1. The number of hydrogen-bond acceptors (Lipinski definition) is 3. The van der Waals surface area contributed by atoms with Crippen molar-refractivity contribution in [1.29, 1.82) is 0 Å². The van der Waals surface area contributed by atoms with Crippen LogP contribution in [0.4, 0.5) is 24.7 Å². The zero-order valence-corrected chi connectivity index (χ0v) is 11.9. The van der Waals surface area contributed by atoms with E-state index in [4.69, 9.17) is 0 Å². The molecule has 0 atom stereocenters. The Hall–Kier alpha value is -1.76. The lowest BCUT2D eigenvalue weighted by Crippen LogP contribution is -2.17. The molecule has 2 rings (SSSR count). The number of alkyl halides is 3. The van der Waals surface area contributed by atoms with Crippen molar-refractivity contribution >= 4 is 27.4 Å². The van der Waals surface area contributed by atoms with E-state index < -0.39 is 6.36 Å². The fourth-order valence-electron chi connectivity index (χ4n) is 1.58. The van der Waals surface area contributed by atoms with Crippen molar-refractivity contribution in [3.05, 3.63) is 46.6 Å². The Bertz CT molecular complexity index is 617. The second kappa shape index (κ2) is 5.70. The summed E-state index contributed by atoms with van der Waals surface area (Å²) in [4.78, 5) is 4.16. The Balaban J connectivity index is 2.19. The first kappa shape index (κ1) is 14.6. The third-order valence-corrected chi connectivity index (χ3v) is 2.81. The Morgan fingerprint density at radius 3 is 2.65 bits per heavy atom. The fraction of sp³-hybridized carbons (Fsp3) is 0.154. The molecule has 2 aromatic rings. The maximum absolute atomic E-state index is 12.1. The van der Waals surface area contributed by atoms with Crippen molar-refractivity contribution < 1.29 is 17.9 Å². The van der Waals surface area contributed by atoms with Crippen LogP contribution in [-0.2, 0) is 0 Å². The molecule has 0 aliphatic heterocycles. The summed E-state index contributed by atoms with van der Waals surface area (Å²) in [6.45, 7) is 1.84. The summed E-state index contributed by atoms with van der Waals surface area (Å²) in [7, 11) is 0. The summed E-state index contributed by atoms with van der Waals surface area (Å²) in [5.41, 5.74) is 1.33. The molecule has 1 heterocycles. The number of halogens is 4. The highest BCUT2D eigenvalue weighted by Crippen LogP contribution is 2.27. The Morgan fingerprint density at radius 1 is 1.25 bits per heavy atom. The highest BCUT2D eigenvalue weighted by molar-refractivity contribution is 9.10. The topological polar surface area (TPSA) is 34.2 Å². The second-order valence-corrected chi connectivity index (χ2v) is 4.94. The molecular formula is C13H10BrF3N2O. The molecule has 20 heavy (non-hydrogen) atoms. The van der Waals surface area contributed by atoms with Crippen molar-refractivity contribution in [2.24, 2.45) is 0 Å². The molecular weight excluding hydrogens is 337 g/mol. The van der Waals surface area contributed by atoms with E-state index in [-0.39, 0.29) is 5.75 Å². The van der Waals surface area contributed by atoms with Crippen LogP contribution in [0, 0.1) is 6.92 Å². The Morgan fingerprint density at radius 2 is 2.00 bits per heavy atom. The van der Waals surface area contributed by atoms with Gasteiger partial charge in [0.15, 0.2) is 0 Å². The third-order valence-electron chi connectivity index (χ3n) is 2.38. The number of aryl methyl sites for hydroxylation is 1. The number of rotatable bonds is 3. The smallest absolute Gasteiger partial charge is 0.406 e. The molecule has 1 aromatic heterocycles. The Kier molecular flexibility index (Phi) is 4.17. The van der Waals surface area contributed by atoms with Gasteiger partial charge in [-0.15, -0.1) is 13.2 Å². The zero-order chi connectivity index (χ0) is 14.8. The molecule has 0 aliphatic carbocycles. The van der Waals surface area contributed by atoms with Gasteiger partial charge in [-0.1, -0.05) is 6.07 Å². The summed E-state index contributed by atoms with van der Waals surface area (Å²) in [6.07, 6.45) is -3.10. The first-order chi connectivity index (χ1) is 9.33. The van der Waals surface area contributed by atoms with Crippen molar-refractivity contribution in [2.75, 3.05) is 5.32 Å². The largest absolute Gasteiger partial charge is 0.573 e. The molecule has 3 nitrogen and oxygen atoms in total. The number of nitrogens with zero attached hydrogens (tertiary/aromatic N) is 1. The van der Waals surface area contributed by atoms with Crippen LogP contribution in [-0.4, -0.2) is 11.3 Å². The van der Waals surface area contributed by atoms with Crippen molar-refractivity contribution in [3.8, 4) is 5.75 Å². The predicted octanol–water partition coefficient (Wildman–Crippen LogP) is 4.79. The maximum atomic E-state index is 12.1. The van der Waals surface area contributed by atoms with Gasteiger partial charge in [0.25, 0.3) is 0 Å². The van der Waals surface area contributed by atoms with E-state index in [1.165, 1.54) is 18.2 Å². The van der Waals surface area contributed by atoms with Crippen LogP contribution in [0.25, 0.3) is 0 Å². The molecule has 0 unspecified atom stereocenters. The number of benzene rings is 1. The third kappa shape index (κ3) is 4.12. The monoisotopic (exact) mass is 346 g/mol. The number of aromatic nitrogens is 1. The Labute approximate surface area is 121 Å². The molecule has 0 radical (unpaired) electrons. The van der Waals surface area contributed by atoms with Gasteiger partial charge in [0.1, 0.15) is 11.6 Å². The highest BCUT2D eigenvalue weighted by Gasteiger charge is 2.31. The van der Waals surface area contributed by atoms with Gasteiger partial charge in [-0.3, -0.25) is 0 Å². The normalized spacial score (nSPS) is 11.2. The standard InChI is InChI=1S/C13H10BrF3N2O/c1-8-5-9(14)7-18-12(8)19-10-3-2-4-11(6-10)20-13(15,16)17/h2-7H,1H3,(H,18,19). The lowest BCUT2D eigenvalue weighted by molar-refractivity contribution is -0.274. The van der Waals surface area contributed by atoms with Gasteiger partial charge in [0.05, 0.1) is 0 Å². The first-order valence-corrected chi connectivity index (χ1v) is 6.38. The van der Waals surface area contributed by atoms with Crippen LogP contribution in [0.1, 0.15) is 5.56 Å². The van der Waals surface area contributed by atoms with Crippen LogP contribution >= 0.6 is 15.9 Å². The quantitative estimate of drug-likeness (QED) is 0.867. The number of ether oxygens (including phenoxy) is 1. The minimum absolute atomic E-state index is 0.280. The molecule has 7 heteroatoms. The summed E-state index contributed by atoms with van der Waals surface area (Å²) in [5.74, 6) is 0.287. The number of nitrogens with one attached hydrogen (secondary N) is 1. The van der Waals surface area contributed by atoms with Crippen LogP contribution in [0.2, 0.25) is 0 Å². The average molecular weight is 347 g/mol. The lowest BCUT2D eigenvalue weighted by atomic mass is 10.2. The van der Waals surface area contributed by atoms with Crippen molar-refractivity contribution in [3.63, 3.8) is 0 Å². The molecule has 1 aromatic carbocycles. The van der Waals surface area contributed by atoms with Gasteiger partial charge >= 0.3 is 6.36 Å². The van der Waals surface area contributed by atoms with E-state index in [1.54, 1.807) is 12.3 Å². The van der Waals surface area contributed by atoms with Crippen LogP contribution in [0.5, 0.6) is 5.75 Å². The number of pyridine rings is 1. The van der Waals surface area contributed by atoms with E-state index in [0.29, 0.717) is 11.5 Å². The molecule has 0 fully saturated rings. The van der Waals surface area contributed by atoms with E-state index in [9.17, 15) is 13.2 Å². The lowest BCUT2D eigenvalue weighted by Gasteiger charge is -2.12. The molecule has 0 bridgehead atoms. The van der Waals surface area contributed by atoms with Crippen LogP contribution < -0.4 is 10.1 Å². The average Bonchev–Trinajstić information content (AvgIpc) is 2.31. The van der Waals surface area contributed by atoms with Gasteiger partial charge in [0, 0.05) is 22.4 Å². The summed E-state index contributed by atoms with van der Waals surface area (Å²) in [5, 5.41) is 2.95. The van der Waals surface area contributed by atoms with Crippen molar-refractivity contribution in [2.45, 2.75) is 13.3 Å². The number of anilines is 2. The van der Waals surface area contributed by atoms with Gasteiger partial charge in [-0.2, -0.15) is 0 Å². The molecule has 1 N–H and O–H groups in total. The molecule has 0 aliphatic rings. The van der Waals surface area contributed by atoms with Crippen LogP contribution in [0.3, 0.4) is 0 Å². The molecule has 106 valence electrons. The van der Waals surface area contributed by atoms with E-state index in [2.05, 4.69) is 31.0 Å². The molecule has 0 saturated carbocycles. The van der Waals surface area contributed by atoms with Crippen LogP contribution in [0.15, 0.2) is 41.0 Å². The minimum atomic E-state index is -4.70. The highest BCUT2D eigenvalue weighted by atomic mass is 79.9. The van der Waals surface area contributed by atoms with Gasteiger partial charge in [-0.25, -0.2) is 4.98 Å².